The molecule has 0 aliphatic heterocycles. The SMILES string of the molecule is CCC(C)CN(C)Cc1cc(C(C)NC)ccc1OC. The fourth-order valence-electron chi connectivity index (χ4n) is 2.37. The summed E-state index contributed by atoms with van der Waals surface area (Å²) in [4.78, 5) is 2.37. The van der Waals surface area contributed by atoms with Crippen LogP contribution in [-0.2, 0) is 6.54 Å². The molecule has 1 aromatic carbocycles. The number of ether oxygens (including phenoxy) is 1. The fraction of sp³-hybridized carbons (Fsp3) is 0.647. The second kappa shape index (κ2) is 8.28. The molecule has 2 atom stereocenters. The summed E-state index contributed by atoms with van der Waals surface area (Å²) in [5.74, 6) is 1.71. The summed E-state index contributed by atoms with van der Waals surface area (Å²) in [6.45, 7) is 8.76. The Labute approximate surface area is 124 Å². The highest BCUT2D eigenvalue weighted by Gasteiger charge is 2.11. The molecule has 1 N–H and O–H groups in total. The normalized spacial score (nSPS) is 14.3. The quantitative estimate of drug-likeness (QED) is 0.788. The van der Waals surface area contributed by atoms with Crippen molar-refractivity contribution < 1.29 is 4.74 Å². The van der Waals surface area contributed by atoms with Gasteiger partial charge in [0, 0.05) is 24.7 Å². The van der Waals surface area contributed by atoms with Crippen LogP contribution in [-0.4, -0.2) is 32.6 Å². The lowest BCUT2D eigenvalue weighted by molar-refractivity contribution is 0.270. The maximum absolute atomic E-state index is 5.50. The van der Waals surface area contributed by atoms with Crippen molar-refractivity contribution in [2.45, 2.75) is 39.8 Å². The number of nitrogens with zero attached hydrogens (tertiary/aromatic N) is 1. The van der Waals surface area contributed by atoms with E-state index in [2.05, 4.69) is 56.2 Å². The van der Waals surface area contributed by atoms with Gasteiger partial charge in [-0.3, -0.25) is 0 Å². The van der Waals surface area contributed by atoms with Crippen molar-refractivity contribution in [1.29, 1.82) is 0 Å². The van der Waals surface area contributed by atoms with E-state index >= 15 is 0 Å². The largest absolute Gasteiger partial charge is 0.496 e. The summed E-state index contributed by atoms with van der Waals surface area (Å²) >= 11 is 0. The molecule has 0 aromatic heterocycles. The minimum Gasteiger partial charge on any atom is -0.496 e. The lowest BCUT2D eigenvalue weighted by Crippen LogP contribution is -2.24. The first-order valence-electron chi connectivity index (χ1n) is 7.54. The van der Waals surface area contributed by atoms with Crippen molar-refractivity contribution in [1.82, 2.24) is 10.2 Å². The van der Waals surface area contributed by atoms with E-state index in [1.807, 2.05) is 7.05 Å². The van der Waals surface area contributed by atoms with Crippen molar-refractivity contribution in [3.05, 3.63) is 29.3 Å². The number of methoxy groups -OCH3 is 1. The minimum absolute atomic E-state index is 0.361. The number of hydrogen-bond acceptors (Lipinski definition) is 3. The van der Waals surface area contributed by atoms with Gasteiger partial charge < -0.3 is 15.0 Å². The van der Waals surface area contributed by atoms with E-state index in [1.54, 1.807) is 7.11 Å². The van der Waals surface area contributed by atoms with Crippen LogP contribution in [0.3, 0.4) is 0 Å². The van der Waals surface area contributed by atoms with Crippen molar-refractivity contribution in [2.24, 2.45) is 5.92 Å². The van der Waals surface area contributed by atoms with Crippen molar-refractivity contribution >= 4 is 0 Å². The van der Waals surface area contributed by atoms with E-state index in [-0.39, 0.29) is 0 Å². The van der Waals surface area contributed by atoms with Crippen LogP contribution in [0.25, 0.3) is 0 Å². The Hall–Kier alpha value is -1.06. The van der Waals surface area contributed by atoms with Crippen LogP contribution in [0.2, 0.25) is 0 Å². The van der Waals surface area contributed by atoms with Gasteiger partial charge in [0.15, 0.2) is 0 Å². The van der Waals surface area contributed by atoms with Crippen LogP contribution in [0, 0.1) is 5.92 Å². The van der Waals surface area contributed by atoms with E-state index < -0.39 is 0 Å². The van der Waals surface area contributed by atoms with Gasteiger partial charge in [0.05, 0.1) is 7.11 Å². The molecular formula is C17H30N2O. The van der Waals surface area contributed by atoms with Gasteiger partial charge in [-0.2, -0.15) is 0 Å². The fourth-order valence-corrected chi connectivity index (χ4v) is 2.37. The van der Waals surface area contributed by atoms with Crippen molar-refractivity contribution in [3.8, 4) is 5.75 Å². The average Bonchev–Trinajstić information content (AvgIpc) is 2.45. The highest BCUT2D eigenvalue weighted by atomic mass is 16.5. The van der Waals surface area contributed by atoms with Crippen LogP contribution in [0.4, 0.5) is 0 Å². The summed E-state index contributed by atoms with van der Waals surface area (Å²) < 4.78 is 5.50. The van der Waals surface area contributed by atoms with Gasteiger partial charge in [0.2, 0.25) is 0 Å². The summed E-state index contributed by atoms with van der Waals surface area (Å²) in [6, 6.07) is 6.83. The molecule has 0 aliphatic rings. The van der Waals surface area contributed by atoms with Crippen molar-refractivity contribution in [3.63, 3.8) is 0 Å². The lowest BCUT2D eigenvalue weighted by atomic mass is 10.0. The van der Waals surface area contributed by atoms with E-state index in [1.165, 1.54) is 17.5 Å². The second-order valence-corrected chi connectivity index (χ2v) is 5.79. The predicted octanol–water partition coefficient (Wildman–Crippen LogP) is 3.45. The third kappa shape index (κ3) is 4.80. The third-order valence-electron chi connectivity index (χ3n) is 4.00. The zero-order valence-corrected chi connectivity index (χ0v) is 13.9. The molecule has 0 saturated carbocycles. The Morgan fingerprint density at radius 1 is 1.30 bits per heavy atom. The Morgan fingerprint density at radius 3 is 2.55 bits per heavy atom. The van der Waals surface area contributed by atoms with Crippen molar-refractivity contribution in [2.75, 3.05) is 27.7 Å². The molecule has 0 aliphatic carbocycles. The van der Waals surface area contributed by atoms with Gasteiger partial charge in [0.1, 0.15) is 5.75 Å². The van der Waals surface area contributed by atoms with Crippen LogP contribution in [0.5, 0.6) is 5.75 Å². The Bertz CT molecular complexity index is 406. The molecule has 0 bridgehead atoms. The van der Waals surface area contributed by atoms with Gasteiger partial charge in [-0.1, -0.05) is 26.3 Å². The molecule has 2 unspecified atom stereocenters. The Morgan fingerprint density at radius 2 is 2.00 bits per heavy atom. The topological polar surface area (TPSA) is 24.5 Å². The first-order chi connectivity index (χ1) is 9.51. The molecule has 114 valence electrons. The second-order valence-electron chi connectivity index (χ2n) is 5.79. The average molecular weight is 278 g/mol. The highest BCUT2D eigenvalue weighted by Crippen LogP contribution is 2.24. The number of nitrogens with one attached hydrogen (secondary N) is 1. The summed E-state index contributed by atoms with van der Waals surface area (Å²) in [5.41, 5.74) is 2.57. The molecule has 0 amide bonds. The molecule has 0 spiro atoms. The van der Waals surface area contributed by atoms with Gasteiger partial charge in [0.25, 0.3) is 0 Å². The van der Waals surface area contributed by atoms with Gasteiger partial charge in [-0.25, -0.2) is 0 Å². The van der Waals surface area contributed by atoms with Gasteiger partial charge in [-0.15, -0.1) is 0 Å². The monoisotopic (exact) mass is 278 g/mol. The van der Waals surface area contributed by atoms with Crippen LogP contribution < -0.4 is 10.1 Å². The zero-order valence-electron chi connectivity index (χ0n) is 13.9. The molecule has 1 aromatic rings. The molecule has 20 heavy (non-hydrogen) atoms. The first-order valence-corrected chi connectivity index (χ1v) is 7.54. The molecular weight excluding hydrogens is 248 g/mol. The summed E-state index contributed by atoms with van der Waals surface area (Å²) in [6.07, 6.45) is 1.22. The zero-order chi connectivity index (χ0) is 15.1. The lowest BCUT2D eigenvalue weighted by Gasteiger charge is -2.22. The number of rotatable bonds is 8. The maximum atomic E-state index is 5.50. The Balaban J connectivity index is 2.85. The number of benzene rings is 1. The maximum Gasteiger partial charge on any atom is 0.123 e. The first kappa shape index (κ1) is 17.0. The van der Waals surface area contributed by atoms with Crippen LogP contribution >= 0.6 is 0 Å². The highest BCUT2D eigenvalue weighted by molar-refractivity contribution is 5.38. The molecule has 1 rings (SSSR count). The number of hydrogen-bond donors (Lipinski definition) is 1. The molecule has 0 radical (unpaired) electrons. The van der Waals surface area contributed by atoms with Crippen LogP contribution in [0.1, 0.15) is 44.4 Å². The smallest absolute Gasteiger partial charge is 0.123 e. The van der Waals surface area contributed by atoms with Gasteiger partial charge >= 0.3 is 0 Å². The molecule has 0 saturated heterocycles. The summed E-state index contributed by atoms with van der Waals surface area (Å²) in [7, 11) is 5.91. The van der Waals surface area contributed by atoms with E-state index in [9.17, 15) is 0 Å². The van der Waals surface area contributed by atoms with E-state index in [0.29, 0.717) is 6.04 Å². The van der Waals surface area contributed by atoms with E-state index in [4.69, 9.17) is 4.74 Å². The molecule has 3 heteroatoms. The standard InChI is InChI=1S/C17H30N2O/c1-7-13(2)11-19(5)12-16-10-15(14(3)18-4)8-9-17(16)20-6/h8-10,13-14,18H,7,11-12H2,1-6H3. The molecule has 0 heterocycles. The van der Waals surface area contributed by atoms with E-state index in [0.717, 1.165) is 24.8 Å². The summed E-state index contributed by atoms with van der Waals surface area (Å²) in [5, 5.41) is 3.29. The molecule has 3 nitrogen and oxygen atoms in total. The van der Waals surface area contributed by atoms with Gasteiger partial charge in [-0.05, 0) is 44.6 Å². The predicted molar refractivity (Wildman–Crippen MR) is 86.3 cm³/mol. The molecule has 0 fully saturated rings. The van der Waals surface area contributed by atoms with Crippen LogP contribution in [0.15, 0.2) is 18.2 Å². The minimum atomic E-state index is 0.361. The Kier molecular flexibility index (Phi) is 7.03. The third-order valence-corrected chi connectivity index (χ3v) is 4.00.